The molecule has 9 heteroatoms. The Morgan fingerprint density at radius 1 is 1.29 bits per heavy atom. The molecule has 0 aromatic rings. The molecule has 0 aliphatic rings. The van der Waals surface area contributed by atoms with Gasteiger partial charge in [0.2, 0.25) is 0 Å². The summed E-state index contributed by atoms with van der Waals surface area (Å²) in [6, 6.07) is 0. The van der Waals surface area contributed by atoms with Crippen LogP contribution in [0.3, 0.4) is 0 Å². The van der Waals surface area contributed by atoms with Crippen LogP contribution in [-0.4, -0.2) is 34.2 Å². The monoisotopic (exact) mass is 277 g/mol. The Kier molecular flexibility index (Phi) is 6.98. The second-order valence-electron chi connectivity index (χ2n) is 3.82. The van der Waals surface area contributed by atoms with Gasteiger partial charge in [0, 0.05) is 6.54 Å². The lowest BCUT2D eigenvalue weighted by molar-refractivity contribution is -0.121. The zero-order chi connectivity index (χ0) is 13.5. The molecule has 17 heavy (non-hydrogen) atoms. The quantitative estimate of drug-likeness (QED) is 0.560. The van der Waals surface area contributed by atoms with Crippen molar-refractivity contribution in [3.8, 4) is 0 Å². The van der Waals surface area contributed by atoms with Gasteiger partial charge in [-0.2, -0.15) is 26.3 Å². The van der Waals surface area contributed by atoms with Crippen molar-refractivity contribution in [3.05, 3.63) is 0 Å². The molecule has 0 heterocycles. The summed E-state index contributed by atoms with van der Waals surface area (Å²) in [7, 11) is -4.07. The van der Waals surface area contributed by atoms with E-state index < -0.39 is 22.9 Å². The van der Waals surface area contributed by atoms with E-state index in [2.05, 4.69) is 0 Å². The van der Waals surface area contributed by atoms with E-state index in [4.69, 9.17) is 5.73 Å². The molecule has 1 unspecified atom stereocenters. The van der Waals surface area contributed by atoms with Crippen LogP contribution in [-0.2, 0) is 10.2 Å². The molecule has 0 saturated heterocycles. The number of hydrogen-bond donors (Lipinski definition) is 3. The highest BCUT2D eigenvalue weighted by Crippen LogP contribution is 2.12. The predicted molar refractivity (Wildman–Crippen MR) is 58.4 cm³/mol. The van der Waals surface area contributed by atoms with Gasteiger partial charge in [0.1, 0.15) is 6.54 Å². The van der Waals surface area contributed by atoms with Crippen molar-refractivity contribution in [3.63, 3.8) is 0 Å². The minimum absolute atomic E-state index is 0.0948. The van der Waals surface area contributed by atoms with Gasteiger partial charge in [-0.25, -0.2) is 4.72 Å². The molecular weight excluding hydrogens is 259 g/mol. The zero-order valence-electron chi connectivity index (χ0n) is 9.55. The highest BCUT2D eigenvalue weighted by molar-refractivity contribution is 7.87. The van der Waals surface area contributed by atoms with Crippen LogP contribution in [0.2, 0.25) is 0 Å². The first kappa shape index (κ1) is 16.6. The van der Waals surface area contributed by atoms with Crippen LogP contribution in [0.4, 0.5) is 13.2 Å². The standard InChI is InChI=1S/C8H18F3N3O2S/c1-7(5-12)3-2-4-13-17(15,16)14-6-8(9,10)11/h7,13-14H,2-6,12H2,1H3. The summed E-state index contributed by atoms with van der Waals surface area (Å²) in [5.41, 5.74) is 5.36. The topological polar surface area (TPSA) is 84.2 Å². The second-order valence-corrected chi connectivity index (χ2v) is 5.40. The van der Waals surface area contributed by atoms with Crippen molar-refractivity contribution < 1.29 is 21.6 Å². The predicted octanol–water partition coefficient (Wildman–Crippen LogP) is 0.348. The Bertz CT molecular complexity index is 306. The Hall–Kier alpha value is -0.380. The van der Waals surface area contributed by atoms with Gasteiger partial charge in [-0.3, -0.25) is 0 Å². The molecule has 4 N–H and O–H groups in total. The van der Waals surface area contributed by atoms with Crippen LogP contribution in [0.15, 0.2) is 0 Å². The summed E-state index contributed by atoms with van der Waals surface area (Å²) >= 11 is 0. The Balaban J connectivity index is 3.80. The Morgan fingerprint density at radius 2 is 1.88 bits per heavy atom. The first-order valence-corrected chi connectivity index (χ1v) is 6.65. The lowest BCUT2D eigenvalue weighted by atomic mass is 10.1. The summed E-state index contributed by atoms with van der Waals surface area (Å²) in [4.78, 5) is 0. The lowest BCUT2D eigenvalue weighted by Crippen LogP contribution is -2.41. The van der Waals surface area contributed by atoms with Gasteiger partial charge < -0.3 is 5.73 Å². The molecule has 104 valence electrons. The van der Waals surface area contributed by atoms with E-state index in [0.717, 1.165) is 6.42 Å². The van der Waals surface area contributed by atoms with Crippen LogP contribution < -0.4 is 15.2 Å². The highest BCUT2D eigenvalue weighted by atomic mass is 32.2. The molecule has 0 radical (unpaired) electrons. The van der Waals surface area contributed by atoms with Gasteiger partial charge in [0.15, 0.2) is 0 Å². The molecule has 0 aromatic carbocycles. The Labute approximate surface area is 99.1 Å². The van der Waals surface area contributed by atoms with E-state index in [1.54, 1.807) is 0 Å². The highest BCUT2D eigenvalue weighted by Gasteiger charge is 2.29. The average Bonchev–Trinajstić information content (AvgIpc) is 2.20. The van der Waals surface area contributed by atoms with E-state index in [0.29, 0.717) is 13.0 Å². The molecule has 0 amide bonds. The first-order valence-electron chi connectivity index (χ1n) is 5.17. The van der Waals surface area contributed by atoms with Crippen LogP contribution in [0.25, 0.3) is 0 Å². The fourth-order valence-corrected chi connectivity index (χ4v) is 1.87. The van der Waals surface area contributed by atoms with E-state index >= 15 is 0 Å². The normalized spacial score (nSPS) is 14.9. The number of hydrogen-bond acceptors (Lipinski definition) is 3. The third-order valence-corrected chi connectivity index (χ3v) is 3.14. The fraction of sp³-hybridized carbons (Fsp3) is 1.00. The molecule has 0 spiro atoms. The lowest BCUT2D eigenvalue weighted by Gasteiger charge is -2.11. The van der Waals surface area contributed by atoms with Crippen LogP contribution in [0.1, 0.15) is 19.8 Å². The summed E-state index contributed by atoms with van der Waals surface area (Å²) in [6.07, 6.45) is -3.30. The molecule has 5 nitrogen and oxygen atoms in total. The number of rotatable bonds is 8. The van der Waals surface area contributed by atoms with E-state index in [-0.39, 0.29) is 12.5 Å². The molecule has 0 bridgehead atoms. The average molecular weight is 277 g/mol. The van der Waals surface area contributed by atoms with Gasteiger partial charge in [0.25, 0.3) is 10.2 Å². The molecule has 0 aliphatic heterocycles. The number of nitrogens with one attached hydrogen (secondary N) is 2. The third kappa shape index (κ3) is 10.5. The van der Waals surface area contributed by atoms with Crippen molar-refractivity contribution >= 4 is 10.2 Å². The van der Waals surface area contributed by atoms with Crippen LogP contribution in [0.5, 0.6) is 0 Å². The van der Waals surface area contributed by atoms with Gasteiger partial charge in [-0.1, -0.05) is 6.92 Å². The SMILES string of the molecule is CC(CN)CCCNS(=O)(=O)NCC(F)(F)F. The maximum atomic E-state index is 11.8. The van der Waals surface area contributed by atoms with E-state index in [9.17, 15) is 21.6 Å². The number of alkyl halides is 3. The van der Waals surface area contributed by atoms with Crippen molar-refractivity contribution in [1.82, 2.24) is 9.44 Å². The summed E-state index contributed by atoms with van der Waals surface area (Å²) in [5.74, 6) is 0.266. The van der Waals surface area contributed by atoms with E-state index in [1.165, 1.54) is 4.72 Å². The third-order valence-electron chi connectivity index (χ3n) is 2.03. The molecule has 0 aliphatic carbocycles. The van der Waals surface area contributed by atoms with Crippen molar-refractivity contribution in [1.29, 1.82) is 0 Å². The Morgan fingerprint density at radius 3 is 2.35 bits per heavy atom. The molecule has 0 rings (SSSR count). The molecular formula is C8H18F3N3O2S. The molecule has 1 atom stereocenters. The minimum atomic E-state index is -4.55. The van der Waals surface area contributed by atoms with Gasteiger partial charge in [-0.05, 0) is 25.3 Å². The minimum Gasteiger partial charge on any atom is -0.330 e. The van der Waals surface area contributed by atoms with Gasteiger partial charge >= 0.3 is 6.18 Å². The van der Waals surface area contributed by atoms with Crippen LogP contribution in [0, 0.1) is 5.92 Å². The van der Waals surface area contributed by atoms with Crippen molar-refractivity contribution in [2.75, 3.05) is 19.6 Å². The van der Waals surface area contributed by atoms with E-state index in [1.807, 2.05) is 11.6 Å². The largest absolute Gasteiger partial charge is 0.402 e. The van der Waals surface area contributed by atoms with Crippen LogP contribution >= 0.6 is 0 Å². The van der Waals surface area contributed by atoms with Gasteiger partial charge in [0.05, 0.1) is 0 Å². The first-order chi connectivity index (χ1) is 7.66. The zero-order valence-corrected chi connectivity index (χ0v) is 10.4. The summed E-state index contributed by atoms with van der Waals surface area (Å²) in [5, 5.41) is 0. The van der Waals surface area contributed by atoms with Crippen molar-refractivity contribution in [2.45, 2.75) is 25.9 Å². The second kappa shape index (κ2) is 7.14. The molecule has 0 fully saturated rings. The molecule has 0 saturated carbocycles. The van der Waals surface area contributed by atoms with Crippen molar-refractivity contribution in [2.24, 2.45) is 11.7 Å². The maximum absolute atomic E-state index is 11.8. The summed E-state index contributed by atoms with van der Waals surface area (Å²) in [6.45, 7) is 0.939. The summed E-state index contributed by atoms with van der Waals surface area (Å²) < 4.78 is 60.8. The smallest absolute Gasteiger partial charge is 0.330 e. The number of halogens is 3. The fourth-order valence-electron chi connectivity index (χ4n) is 1.00. The number of nitrogens with two attached hydrogens (primary N) is 1. The van der Waals surface area contributed by atoms with Gasteiger partial charge in [-0.15, -0.1) is 0 Å². The maximum Gasteiger partial charge on any atom is 0.402 e. The molecule has 0 aromatic heterocycles.